The first-order chi connectivity index (χ1) is 8.22. The minimum absolute atomic E-state index is 0.133. The summed E-state index contributed by atoms with van der Waals surface area (Å²) in [6, 6.07) is 0.404. The number of carbonyl (C=O) groups excluding carboxylic acids is 1. The summed E-state index contributed by atoms with van der Waals surface area (Å²) in [6.45, 7) is 3.97. The molecular weight excluding hydrogens is 232 g/mol. The Balaban J connectivity index is 1.96. The molecule has 0 radical (unpaired) electrons. The van der Waals surface area contributed by atoms with E-state index in [0.717, 1.165) is 32.4 Å². The van der Waals surface area contributed by atoms with Gasteiger partial charge in [0.2, 0.25) is 5.91 Å². The molecule has 0 aromatic carbocycles. The van der Waals surface area contributed by atoms with Crippen LogP contribution in [0.15, 0.2) is 0 Å². The molecular formula is C13H24N2OS. The van der Waals surface area contributed by atoms with Crippen LogP contribution < -0.4 is 10.6 Å². The average Bonchev–Trinajstić information content (AvgIpc) is 2.97. The summed E-state index contributed by atoms with van der Waals surface area (Å²) >= 11 is 1.90. The van der Waals surface area contributed by atoms with E-state index in [4.69, 9.17) is 0 Å². The molecule has 0 spiro atoms. The van der Waals surface area contributed by atoms with Crippen molar-refractivity contribution < 1.29 is 4.79 Å². The molecule has 0 bridgehead atoms. The summed E-state index contributed by atoms with van der Waals surface area (Å²) in [5.41, 5.74) is -0.133. The van der Waals surface area contributed by atoms with Crippen molar-refractivity contribution in [3.63, 3.8) is 0 Å². The van der Waals surface area contributed by atoms with Crippen molar-refractivity contribution in [2.45, 2.75) is 50.3 Å². The van der Waals surface area contributed by atoms with Gasteiger partial charge in [-0.05, 0) is 38.5 Å². The molecule has 1 amide bonds. The maximum atomic E-state index is 12.5. The van der Waals surface area contributed by atoms with Crippen molar-refractivity contribution in [2.24, 2.45) is 5.41 Å². The largest absolute Gasteiger partial charge is 0.352 e. The Morgan fingerprint density at radius 1 is 1.53 bits per heavy atom. The third kappa shape index (κ3) is 2.63. The lowest BCUT2D eigenvalue weighted by molar-refractivity contribution is -0.131. The summed E-state index contributed by atoms with van der Waals surface area (Å²) in [6.07, 6.45) is 7.76. The van der Waals surface area contributed by atoms with E-state index in [1.807, 2.05) is 11.8 Å². The predicted molar refractivity (Wildman–Crippen MR) is 73.3 cm³/mol. The lowest BCUT2D eigenvalue weighted by Gasteiger charge is -2.29. The number of hydrogen-bond acceptors (Lipinski definition) is 3. The lowest BCUT2D eigenvalue weighted by atomic mass is 9.83. The predicted octanol–water partition coefficient (Wildman–Crippen LogP) is 1.78. The highest BCUT2D eigenvalue weighted by Crippen LogP contribution is 2.32. The molecule has 1 saturated heterocycles. The maximum absolute atomic E-state index is 12.5. The topological polar surface area (TPSA) is 41.1 Å². The molecule has 17 heavy (non-hydrogen) atoms. The van der Waals surface area contributed by atoms with Crippen LogP contribution in [0.25, 0.3) is 0 Å². The summed E-state index contributed by atoms with van der Waals surface area (Å²) in [4.78, 5) is 12.5. The first-order valence-corrected chi connectivity index (χ1v) is 8.05. The Morgan fingerprint density at radius 3 is 2.94 bits per heavy atom. The van der Waals surface area contributed by atoms with Gasteiger partial charge in [-0.1, -0.05) is 13.3 Å². The highest BCUT2D eigenvalue weighted by molar-refractivity contribution is 7.99. The van der Waals surface area contributed by atoms with Crippen LogP contribution in [0.2, 0.25) is 0 Å². The molecule has 1 heterocycles. The van der Waals surface area contributed by atoms with Gasteiger partial charge in [0, 0.05) is 17.8 Å². The normalized spacial score (nSPS) is 37.3. The standard InChI is InChI=1S/C13H24N2OS/c1-3-13(7-8-14-9-13)12(16)15-10-5-4-6-11(10)17-2/h10-11,14H,3-9H2,1-2H3,(H,15,16). The van der Waals surface area contributed by atoms with E-state index >= 15 is 0 Å². The van der Waals surface area contributed by atoms with Crippen LogP contribution in [-0.4, -0.2) is 36.5 Å². The van der Waals surface area contributed by atoms with Crippen LogP contribution in [0.1, 0.15) is 39.0 Å². The highest BCUT2D eigenvalue weighted by Gasteiger charge is 2.41. The third-order valence-corrected chi connectivity index (χ3v) is 5.64. The van der Waals surface area contributed by atoms with Crippen molar-refractivity contribution in [1.82, 2.24) is 10.6 Å². The van der Waals surface area contributed by atoms with E-state index in [2.05, 4.69) is 23.8 Å². The van der Waals surface area contributed by atoms with Gasteiger partial charge in [0.25, 0.3) is 0 Å². The Kier molecular flexibility index (Phi) is 4.36. The van der Waals surface area contributed by atoms with Crippen molar-refractivity contribution in [1.29, 1.82) is 0 Å². The van der Waals surface area contributed by atoms with Crippen LogP contribution in [0, 0.1) is 5.41 Å². The number of nitrogens with one attached hydrogen (secondary N) is 2. The van der Waals surface area contributed by atoms with Gasteiger partial charge in [-0.3, -0.25) is 4.79 Å². The molecule has 2 rings (SSSR count). The number of hydrogen-bond donors (Lipinski definition) is 2. The number of amides is 1. The smallest absolute Gasteiger partial charge is 0.227 e. The summed E-state index contributed by atoms with van der Waals surface area (Å²) in [5, 5.41) is 7.27. The summed E-state index contributed by atoms with van der Waals surface area (Å²) < 4.78 is 0. The Morgan fingerprint density at radius 2 is 2.35 bits per heavy atom. The fourth-order valence-electron chi connectivity index (χ4n) is 3.09. The van der Waals surface area contributed by atoms with Crippen LogP contribution in [0.3, 0.4) is 0 Å². The Hall–Kier alpha value is -0.220. The van der Waals surface area contributed by atoms with Gasteiger partial charge in [0.1, 0.15) is 0 Å². The van der Waals surface area contributed by atoms with Gasteiger partial charge < -0.3 is 10.6 Å². The monoisotopic (exact) mass is 256 g/mol. The molecule has 3 nitrogen and oxygen atoms in total. The second-order valence-electron chi connectivity index (χ2n) is 5.35. The molecule has 1 aliphatic carbocycles. The summed E-state index contributed by atoms with van der Waals surface area (Å²) in [7, 11) is 0. The molecule has 1 aliphatic heterocycles. The molecule has 1 saturated carbocycles. The zero-order valence-electron chi connectivity index (χ0n) is 10.9. The molecule has 0 aromatic rings. The molecule has 98 valence electrons. The van der Waals surface area contributed by atoms with E-state index in [-0.39, 0.29) is 11.3 Å². The van der Waals surface area contributed by atoms with Crippen LogP contribution >= 0.6 is 11.8 Å². The van der Waals surface area contributed by atoms with Crippen molar-refractivity contribution >= 4 is 17.7 Å². The highest BCUT2D eigenvalue weighted by atomic mass is 32.2. The third-order valence-electron chi connectivity index (χ3n) is 4.47. The summed E-state index contributed by atoms with van der Waals surface area (Å²) in [5.74, 6) is 0.288. The average molecular weight is 256 g/mol. The second-order valence-corrected chi connectivity index (χ2v) is 6.42. The van der Waals surface area contributed by atoms with E-state index in [0.29, 0.717) is 11.3 Å². The first kappa shape index (κ1) is 13.2. The lowest BCUT2D eigenvalue weighted by Crippen LogP contribution is -2.48. The molecule has 2 fully saturated rings. The molecule has 3 unspecified atom stereocenters. The molecule has 3 atom stereocenters. The molecule has 2 aliphatic rings. The van der Waals surface area contributed by atoms with Gasteiger partial charge >= 0.3 is 0 Å². The molecule has 4 heteroatoms. The Labute approximate surface area is 108 Å². The molecule has 0 aromatic heterocycles. The minimum atomic E-state index is -0.133. The molecule has 2 N–H and O–H groups in total. The zero-order valence-corrected chi connectivity index (χ0v) is 11.7. The Bertz CT molecular complexity index is 277. The van der Waals surface area contributed by atoms with Gasteiger partial charge in [-0.15, -0.1) is 0 Å². The van der Waals surface area contributed by atoms with E-state index in [1.165, 1.54) is 12.8 Å². The van der Waals surface area contributed by atoms with Gasteiger partial charge in [0.15, 0.2) is 0 Å². The van der Waals surface area contributed by atoms with E-state index < -0.39 is 0 Å². The van der Waals surface area contributed by atoms with Gasteiger partial charge in [-0.2, -0.15) is 11.8 Å². The van der Waals surface area contributed by atoms with Crippen LogP contribution in [0.4, 0.5) is 0 Å². The SMILES string of the molecule is CCC1(C(=O)NC2CCCC2SC)CCNC1. The number of carbonyl (C=O) groups is 1. The first-order valence-electron chi connectivity index (χ1n) is 6.76. The zero-order chi connectivity index (χ0) is 12.3. The van der Waals surface area contributed by atoms with Gasteiger partial charge in [-0.25, -0.2) is 0 Å². The second kappa shape index (κ2) is 5.61. The van der Waals surface area contributed by atoms with E-state index in [1.54, 1.807) is 0 Å². The van der Waals surface area contributed by atoms with Crippen LogP contribution in [-0.2, 0) is 4.79 Å². The number of thioether (sulfide) groups is 1. The quantitative estimate of drug-likeness (QED) is 0.805. The van der Waals surface area contributed by atoms with E-state index in [9.17, 15) is 4.79 Å². The maximum Gasteiger partial charge on any atom is 0.227 e. The van der Waals surface area contributed by atoms with Crippen LogP contribution in [0.5, 0.6) is 0 Å². The fourth-order valence-corrected chi connectivity index (χ4v) is 4.03. The van der Waals surface area contributed by atoms with Crippen molar-refractivity contribution in [3.8, 4) is 0 Å². The van der Waals surface area contributed by atoms with Crippen molar-refractivity contribution in [3.05, 3.63) is 0 Å². The van der Waals surface area contributed by atoms with Crippen molar-refractivity contribution in [2.75, 3.05) is 19.3 Å². The fraction of sp³-hybridized carbons (Fsp3) is 0.923. The minimum Gasteiger partial charge on any atom is -0.352 e. The van der Waals surface area contributed by atoms with Gasteiger partial charge in [0.05, 0.1) is 5.41 Å². The number of rotatable bonds is 4.